The molecule has 5 aromatic rings. The van der Waals surface area contributed by atoms with Crippen molar-refractivity contribution in [2.45, 2.75) is 5.92 Å². The van der Waals surface area contributed by atoms with Crippen LogP contribution in [0.4, 0.5) is 0 Å². The smallest absolute Gasteiger partial charge is 0.344 e. The first-order valence-corrected chi connectivity index (χ1v) is 10.5. The summed E-state index contributed by atoms with van der Waals surface area (Å²) < 4.78 is 28.3. The lowest BCUT2D eigenvalue weighted by Crippen LogP contribution is -2.24. The Hall–Kier alpha value is -4.72. The summed E-state index contributed by atoms with van der Waals surface area (Å²) in [7, 11) is 0. The molecule has 0 spiro atoms. The fourth-order valence-corrected chi connectivity index (χ4v) is 4.72. The van der Waals surface area contributed by atoms with Gasteiger partial charge in [0.2, 0.25) is 6.79 Å². The Kier molecular flexibility index (Phi) is 3.68. The molecule has 2 aliphatic rings. The zero-order valence-corrected chi connectivity index (χ0v) is 17.4. The summed E-state index contributed by atoms with van der Waals surface area (Å²) in [5, 5.41) is 12.1. The molecule has 1 N–H and O–H groups in total. The summed E-state index contributed by atoms with van der Waals surface area (Å²) in [4.78, 5) is 26.5. The van der Waals surface area contributed by atoms with E-state index in [1.807, 2.05) is 0 Å². The van der Waals surface area contributed by atoms with Crippen LogP contribution < -0.4 is 25.5 Å². The van der Waals surface area contributed by atoms with Crippen molar-refractivity contribution in [3.05, 3.63) is 98.2 Å². The van der Waals surface area contributed by atoms with E-state index >= 15 is 0 Å². The molecular formula is C26H14O8. The van der Waals surface area contributed by atoms with E-state index in [1.165, 1.54) is 0 Å². The van der Waals surface area contributed by atoms with Crippen molar-refractivity contribution < 1.29 is 28.2 Å². The molecule has 2 aromatic heterocycles. The highest BCUT2D eigenvalue weighted by molar-refractivity contribution is 5.88. The lowest BCUT2D eigenvalue weighted by molar-refractivity contribution is 0.174. The van der Waals surface area contributed by atoms with Crippen LogP contribution in [0.2, 0.25) is 0 Å². The van der Waals surface area contributed by atoms with Gasteiger partial charge >= 0.3 is 11.3 Å². The van der Waals surface area contributed by atoms with Crippen LogP contribution in [0, 0.1) is 0 Å². The molecule has 3 aromatic carbocycles. The Balaban J connectivity index is 1.63. The van der Waals surface area contributed by atoms with Crippen molar-refractivity contribution in [1.29, 1.82) is 0 Å². The topological polar surface area (TPSA) is 108 Å². The molecule has 0 radical (unpaired) electrons. The molecule has 1 unspecified atom stereocenters. The second kappa shape index (κ2) is 6.64. The van der Waals surface area contributed by atoms with Crippen molar-refractivity contribution in [2.24, 2.45) is 0 Å². The van der Waals surface area contributed by atoms with Gasteiger partial charge in [0.25, 0.3) is 0 Å². The third-order valence-electron chi connectivity index (χ3n) is 6.22. The maximum Gasteiger partial charge on any atom is 0.344 e. The largest absolute Gasteiger partial charge is 0.507 e. The molecule has 0 fully saturated rings. The summed E-state index contributed by atoms with van der Waals surface area (Å²) >= 11 is 0. The molecule has 7 rings (SSSR count). The van der Waals surface area contributed by atoms with E-state index in [1.54, 1.807) is 60.7 Å². The van der Waals surface area contributed by atoms with Gasteiger partial charge in [-0.2, -0.15) is 0 Å². The minimum Gasteiger partial charge on any atom is -0.507 e. The number of hydrogen-bond donors (Lipinski definition) is 1. The fraction of sp³-hybridized carbons (Fsp3) is 0.0769. The molecule has 0 saturated heterocycles. The van der Waals surface area contributed by atoms with Gasteiger partial charge in [-0.1, -0.05) is 24.3 Å². The maximum absolute atomic E-state index is 13.3. The molecule has 0 bridgehead atoms. The first-order valence-electron chi connectivity index (χ1n) is 10.5. The summed E-state index contributed by atoms with van der Waals surface area (Å²) in [6, 6.07) is 16.9. The first-order chi connectivity index (χ1) is 16.6. The van der Waals surface area contributed by atoms with Gasteiger partial charge in [0.05, 0.1) is 27.8 Å². The molecule has 2 aliphatic heterocycles. The molecule has 8 nitrogen and oxygen atoms in total. The number of hydrogen-bond acceptors (Lipinski definition) is 8. The first kappa shape index (κ1) is 18.8. The molecule has 0 aliphatic carbocycles. The van der Waals surface area contributed by atoms with Gasteiger partial charge in [-0.15, -0.1) is 0 Å². The van der Waals surface area contributed by atoms with Gasteiger partial charge in [0.15, 0.2) is 11.5 Å². The second-order valence-corrected chi connectivity index (χ2v) is 8.05. The number of fused-ring (bicyclic) bond motifs is 6. The van der Waals surface area contributed by atoms with E-state index in [0.29, 0.717) is 39.2 Å². The lowest BCUT2D eigenvalue weighted by atomic mass is 9.82. The number of aromatic hydroxyl groups is 1. The quantitative estimate of drug-likeness (QED) is 0.359. The van der Waals surface area contributed by atoms with E-state index in [9.17, 15) is 14.7 Å². The van der Waals surface area contributed by atoms with Crippen LogP contribution in [0.25, 0.3) is 21.9 Å². The van der Waals surface area contributed by atoms with Crippen LogP contribution in [0.5, 0.6) is 28.7 Å². The molecule has 1 atom stereocenters. The normalized spacial score (nSPS) is 15.7. The molecule has 8 heteroatoms. The molecule has 34 heavy (non-hydrogen) atoms. The van der Waals surface area contributed by atoms with Crippen molar-refractivity contribution >= 4 is 21.9 Å². The van der Waals surface area contributed by atoms with Crippen LogP contribution >= 0.6 is 0 Å². The third kappa shape index (κ3) is 2.47. The van der Waals surface area contributed by atoms with E-state index < -0.39 is 17.2 Å². The van der Waals surface area contributed by atoms with Crippen molar-refractivity contribution in [1.82, 2.24) is 0 Å². The van der Waals surface area contributed by atoms with Gasteiger partial charge in [-0.05, 0) is 30.3 Å². The highest BCUT2D eigenvalue weighted by Crippen LogP contribution is 2.53. The van der Waals surface area contributed by atoms with Gasteiger partial charge < -0.3 is 28.2 Å². The SMILES string of the molecule is O=c1oc2ccccc2c(O)c1C1c2cc3c(cc2Oc2c1c(=O)oc1ccccc21)OCO3. The van der Waals surface area contributed by atoms with Gasteiger partial charge in [-0.3, -0.25) is 0 Å². The third-order valence-corrected chi connectivity index (χ3v) is 6.22. The zero-order valence-electron chi connectivity index (χ0n) is 17.4. The second-order valence-electron chi connectivity index (χ2n) is 8.05. The Bertz CT molecular complexity index is 1750. The Morgan fingerprint density at radius 3 is 2.12 bits per heavy atom. The standard InChI is InChI=1S/C26H14O8/c27-23-12-5-1-3-7-15(12)33-25(28)21(23)20-14-9-18-19(31-11-30-18)10-17(14)32-24-13-6-2-4-8-16(13)34-26(29)22(20)24/h1-10,20,27H,11H2. The molecule has 0 saturated carbocycles. The number of benzene rings is 3. The highest BCUT2D eigenvalue weighted by atomic mass is 16.7. The molecular weight excluding hydrogens is 440 g/mol. The molecule has 166 valence electrons. The van der Waals surface area contributed by atoms with E-state index in [4.69, 9.17) is 23.0 Å². The molecule has 0 amide bonds. The van der Waals surface area contributed by atoms with E-state index in [2.05, 4.69) is 0 Å². The minimum atomic E-state index is -1.03. The van der Waals surface area contributed by atoms with Crippen molar-refractivity contribution in [3.63, 3.8) is 0 Å². The van der Waals surface area contributed by atoms with Gasteiger partial charge in [0.1, 0.15) is 28.4 Å². The Morgan fingerprint density at radius 2 is 1.35 bits per heavy atom. The van der Waals surface area contributed by atoms with Crippen LogP contribution in [0.3, 0.4) is 0 Å². The van der Waals surface area contributed by atoms with Gasteiger partial charge in [0, 0.05) is 11.6 Å². The zero-order chi connectivity index (χ0) is 23.0. The lowest BCUT2D eigenvalue weighted by Gasteiger charge is -2.28. The summed E-state index contributed by atoms with van der Waals surface area (Å²) in [5.41, 5.74) is -0.452. The fourth-order valence-electron chi connectivity index (χ4n) is 4.72. The average Bonchev–Trinajstić information content (AvgIpc) is 3.30. The molecule has 4 heterocycles. The minimum absolute atomic E-state index is 0.0320. The average molecular weight is 454 g/mol. The maximum atomic E-state index is 13.3. The summed E-state index contributed by atoms with van der Waals surface area (Å²) in [5.74, 6) is 0.212. The Morgan fingerprint density at radius 1 is 0.735 bits per heavy atom. The summed E-state index contributed by atoms with van der Waals surface area (Å²) in [6.45, 7) is 0.0320. The monoisotopic (exact) mass is 454 g/mol. The van der Waals surface area contributed by atoms with Crippen LogP contribution in [-0.2, 0) is 0 Å². The number of ether oxygens (including phenoxy) is 3. The highest BCUT2D eigenvalue weighted by Gasteiger charge is 2.39. The van der Waals surface area contributed by atoms with E-state index in [0.717, 1.165) is 0 Å². The number of rotatable bonds is 1. The predicted molar refractivity (Wildman–Crippen MR) is 120 cm³/mol. The van der Waals surface area contributed by atoms with Crippen LogP contribution in [0.1, 0.15) is 22.6 Å². The van der Waals surface area contributed by atoms with Crippen molar-refractivity contribution in [3.8, 4) is 28.7 Å². The summed E-state index contributed by atoms with van der Waals surface area (Å²) in [6.07, 6.45) is 0. The number of para-hydroxylation sites is 2. The van der Waals surface area contributed by atoms with Crippen molar-refractivity contribution in [2.75, 3.05) is 6.79 Å². The van der Waals surface area contributed by atoms with Crippen LogP contribution in [0.15, 0.2) is 79.1 Å². The van der Waals surface area contributed by atoms with Crippen LogP contribution in [-0.4, -0.2) is 11.9 Å². The van der Waals surface area contributed by atoms with Gasteiger partial charge in [-0.25, -0.2) is 9.59 Å². The predicted octanol–water partition coefficient (Wildman–Crippen LogP) is 4.62. The Labute approximate surface area is 190 Å². The van der Waals surface area contributed by atoms with E-state index in [-0.39, 0.29) is 35.0 Å².